The van der Waals surface area contributed by atoms with Gasteiger partial charge in [-0.2, -0.15) is 5.10 Å². The normalized spacial score (nSPS) is 16.8. The van der Waals surface area contributed by atoms with Gasteiger partial charge in [0.25, 0.3) is 0 Å². The van der Waals surface area contributed by atoms with E-state index in [-0.39, 0.29) is 36.6 Å². The van der Waals surface area contributed by atoms with Crippen LogP contribution in [0.2, 0.25) is 0 Å². The summed E-state index contributed by atoms with van der Waals surface area (Å²) >= 11 is 0. The third kappa shape index (κ3) is 5.49. The van der Waals surface area contributed by atoms with E-state index >= 15 is 0 Å². The third-order valence-corrected chi connectivity index (χ3v) is 3.70. The Bertz CT molecular complexity index is 582. The Morgan fingerprint density at radius 1 is 1.30 bits per heavy atom. The summed E-state index contributed by atoms with van der Waals surface area (Å²) in [6.45, 7) is 2.47. The van der Waals surface area contributed by atoms with E-state index in [9.17, 15) is 4.79 Å². The molecule has 1 aromatic carbocycles. The number of carbonyl (C=O) groups is 1. The summed E-state index contributed by atoms with van der Waals surface area (Å²) in [5.74, 6) is 0.180. The molecule has 0 radical (unpaired) electrons. The standard InChI is InChI=1S/C15H19N5O.2ClH/c21-15(13-2-1-7-16-8-13)19-14-5-3-12(4-6-14)9-20-11-17-10-18-20;;/h3-6,10-11,13,16H,1-2,7-9H2,(H,19,21);2*1H. The van der Waals surface area contributed by atoms with Crippen LogP contribution < -0.4 is 10.6 Å². The van der Waals surface area contributed by atoms with Gasteiger partial charge in [0.1, 0.15) is 12.7 Å². The van der Waals surface area contributed by atoms with Crippen LogP contribution in [0.3, 0.4) is 0 Å². The topological polar surface area (TPSA) is 71.8 Å². The van der Waals surface area contributed by atoms with Crippen molar-refractivity contribution >= 4 is 36.4 Å². The van der Waals surface area contributed by atoms with Gasteiger partial charge < -0.3 is 10.6 Å². The Labute approximate surface area is 147 Å². The second-order valence-electron chi connectivity index (χ2n) is 5.32. The molecule has 1 aliphatic rings. The summed E-state index contributed by atoms with van der Waals surface area (Å²) < 4.78 is 1.77. The Balaban J connectivity index is 0.00000132. The van der Waals surface area contributed by atoms with Gasteiger partial charge >= 0.3 is 0 Å². The zero-order valence-corrected chi connectivity index (χ0v) is 14.3. The van der Waals surface area contributed by atoms with Gasteiger partial charge in [0.05, 0.1) is 12.5 Å². The molecular weight excluding hydrogens is 337 g/mol. The fraction of sp³-hybridized carbons (Fsp3) is 0.400. The Morgan fingerprint density at radius 2 is 2.09 bits per heavy atom. The highest BCUT2D eigenvalue weighted by atomic mass is 35.5. The summed E-state index contributed by atoms with van der Waals surface area (Å²) in [6, 6.07) is 7.85. The summed E-state index contributed by atoms with van der Waals surface area (Å²) in [4.78, 5) is 16.1. The fourth-order valence-electron chi connectivity index (χ4n) is 2.51. The molecule has 1 atom stereocenters. The first-order valence-electron chi connectivity index (χ1n) is 7.24. The van der Waals surface area contributed by atoms with E-state index in [4.69, 9.17) is 0 Å². The van der Waals surface area contributed by atoms with Crippen LogP contribution in [0.1, 0.15) is 18.4 Å². The Kier molecular flexibility index (Phi) is 8.02. The molecule has 2 N–H and O–H groups in total. The molecule has 0 aliphatic carbocycles. The van der Waals surface area contributed by atoms with E-state index < -0.39 is 0 Å². The molecule has 126 valence electrons. The van der Waals surface area contributed by atoms with E-state index in [2.05, 4.69) is 20.7 Å². The Hall–Kier alpha value is -1.63. The van der Waals surface area contributed by atoms with Crippen LogP contribution in [-0.4, -0.2) is 33.8 Å². The molecule has 8 heteroatoms. The molecular formula is C15H21Cl2N5O. The fourth-order valence-corrected chi connectivity index (χ4v) is 2.51. The average molecular weight is 358 g/mol. The molecule has 3 rings (SSSR count). The van der Waals surface area contributed by atoms with Gasteiger partial charge in [-0.25, -0.2) is 9.67 Å². The second kappa shape index (κ2) is 9.50. The molecule has 1 fully saturated rings. The van der Waals surface area contributed by atoms with Gasteiger partial charge in [0.2, 0.25) is 5.91 Å². The maximum Gasteiger partial charge on any atom is 0.228 e. The van der Waals surface area contributed by atoms with Crippen molar-refractivity contribution in [2.45, 2.75) is 19.4 Å². The number of rotatable bonds is 4. The van der Waals surface area contributed by atoms with E-state index in [0.717, 1.165) is 37.2 Å². The first kappa shape index (κ1) is 19.4. The number of hydrogen-bond acceptors (Lipinski definition) is 4. The molecule has 6 nitrogen and oxygen atoms in total. The van der Waals surface area contributed by atoms with Crippen LogP contribution in [0.5, 0.6) is 0 Å². The molecule has 1 saturated heterocycles. The lowest BCUT2D eigenvalue weighted by molar-refractivity contribution is -0.120. The smallest absolute Gasteiger partial charge is 0.228 e. The molecule has 23 heavy (non-hydrogen) atoms. The molecule has 0 spiro atoms. The second-order valence-corrected chi connectivity index (χ2v) is 5.32. The maximum absolute atomic E-state index is 12.1. The van der Waals surface area contributed by atoms with Crippen molar-refractivity contribution in [2.24, 2.45) is 5.92 Å². The molecule has 2 heterocycles. The lowest BCUT2D eigenvalue weighted by Crippen LogP contribution is -2.37. The van der Waals surface area contributed by atoms with E-state index in [1.807, 2.05) is 24.3 Å². The van der Waals surface area contributed by atoms with E-state index in [0.29, 0.717) is 6.54 Å². The minimum absolute atomic E-state index is 0. The minimum Gasteiger partial charge on any atom is -0.326 e. The van der Waals surface area contributed by atoms with Gasteiger partial charge in [-0.05, 0) is 37.1 Å². The van der Waals surface area contributed by atoms with Crippen LogP contribution in [0.15, 0.2) is 36.9 Å². The lowest BCUT2D eigenvalue weighted by Gasteiger charge is -2.21. The zero-order valence-electron chi connectivity index (χ0n) is 12.6. The van der Waals surface area contributed by atoms with Gasteiger partial charge in [0.15, 0.2) is 0 Å². The highest BCUT2D eigenvalue weighted by molar-refractivity contribution is 5.92. The van der Waals surface area contributed by atoms with Crippen LogP contribution in [-0.2, 0) is 11.3 Å². The van der Waals surface area contributed by atoms with Crippen molar-refractivity contribution in [2.75, 3.05) is 18.4 Å². The van der Waals surface area contributed by atoms with Crippen LogP contribution >= 0.6 is 24.8 Å². The summed E-state index contributed by atoms with van der Waals surface area (Å²) in [5, 5.41) is 10.3. The number of amides is 1. The number of nitrogens with zero attached hydrogens (tertiary/aromatic N) is 3. The van der Waals surface area contributed by atoms with Gasteiger partial charge in [-0.3, -0.25) is 4.79 Å². The van der Waals surface area contributed by atoms with Gasteiger partial charge in [-0.1, -0.05) is 12.1 Å². The largest absolute Gasteiger partial charge is 0.326 e. The summed E-state index contributed by atoms with van der Waals surface area (Å²) in [6.07, 6.45) is 5.23. The highest BCUT2D eigenvalue weighted by Crippen LogP contribution is 2.15. The quantitative estimate of drug-likeness (QED) is 0.878. The molecule has 1 unspecified atom stereocenters. The molecule has 2 aromatic rings. The third-order valence-electron chi connectivity index (χ3n) is 3.70. The molecule has 0 saturated carbocycles. The van der Waals surface area contributed by atoms with Gasteiger partial charge in [-0.15, -0.1) is 24.8 Å². The number of halogens is 2. The van der Waals surface area contributed by atoms with Crippen LogP contribution in [0, 0.1) is 5.92 Å². The first-order valence-corrected chi connectivity index (χ1v) is 7.24. The van der Waals surface area contributed by atoms with Crippen LogP contribution in [0.25, 0.3) is 0 Å². The van der Waals surface area contributed by atoms with Crippen LogP contribution in [0.4, 0.5) is 5.69 Å². The minimum atomic E-state index is 0. The molecule has 1 amide bonds. The number of nitrogens with one attached hydrogen (secondary N) is 2. The zero-order chi connectivity index (χ0) is 14.5. The van der Waals surface area contributed by atoms with Crippen molar-refractivity contribution in [3.63, 3.8) is 0 Å². The SMILES string of the molecule is Cl.Cl.O=C(Nc1ccc(Cn2cncn2)cc1)C1CCCNC1. The number of carbonyl (C=O) groups excluding carboxylic acids is 1. The number of benzene rings is 1. The van der Waals surface area contributed by atoms with Crippen molar-refractivity contribution in [3.8, 4) is 0 Å². The summed E-state index contributed by atoms with van der Waals surface area (Å²) in [7, 11) is 0. The number of aromatic nitrogens is 3. The van der Waals surface area contributed by atoms with Crippen molar-refractivity contribution < 1.29 is 4.79 Å². The predicted octanol–water partition coefficient (Wildman–Crippen LogP) is 2.11. The van der Waals surface area contributed by atoms with E-state index in [1.54, 1.807) is 11.0 Å². The number of hydrogen-bond donors (Lipinski definition) is 2. The number of piperidine rings is 1. The number of anilines is 1. The Morgan fingerprint density at radius 3 is 2.70 bits per heavy atom. The maximum atomic E-state index is 12.1. The van der Waals surface area contributed by atoms with Gasteiger partial charge in [0, 0.05) is 12.2 Å². The lowest BCUT2D eigenvalue weighted by atomic mass is 9.99. The summed E-state index contributed by atoms with van der Waals surface area (Å²) in [5.41, 5.74) is 1.96. The highest BCUT2D eigenvalue weighted by Gasteiger charge is 2.20. The van der Waals surface area contributed by atoms with Crippen molar-refractivity contribution in [1.29, 1.82) is 0 Å². The average Bonchev–Trinajstić information content (AvgIpc) is 3.03. The monoisotopic (exact) mass is 357 g/mol. The molecule has 1 aliphatic heterocycles. The molecule has 1 aromatic heterocycles. The predicted molar refractivity (Wildman–Crippen MR) is 94.3 cm³/mol. The van der Waals surface area contributed by atoms with Crippen molar-refractivity contribution in [1.82, 2.24) is 20.1 Å². The van der Waals surface area contributed by atoms with E-state index in [1.165, 1.54) is 6.33 Å². The van der Waals surface area contributed by atoms with Crippen molar-refractivity contribution in [3.05, 3.63) is 42.5 Å². The first-order chi connectivity index (χ1) is 10.3. The molecule has 0 bridgehead atoms.